The van der Waals surface area contributed by atoms with Crippen LogP contribution in [0.3, 0.4) is 0 Å². The van der Waals surface area contributed by atoms with Crippen LogP contribution in [0.5, 0.6) is 0 Å². The first-order valence-corrected chi connectivity index (χ1v) is 25.4. The Morgan fingerprint density at radius 1 is 0.728 bits per heavy atom. The summed E-state index contributed by atoms with van der Waals surface area (Å²) in [5.41, 5.74) is 7.37. The summed E-state index contributed by atoms with van der Waals surface area (Å²) in [7, 11) is 0. The Labute approximate surface area is 486 Å². The molecule has 2 saturated carbocycles. The topological polar surface area (TPSA) is 283 Å². The fourth-order valence-corrected chi connectivity index (χ4v) is 9.58. The van der Waals surface area contributed by atoms with Crippen LogP contribution in [-0.4, -0.2) is 103 Å². The molecule has 28 heteroatoms. The molecule has 0 radical (unpaired) electrons. The molecular weight excluding hydrogens is 1120 g/mol. The van der Waals surface area contributed by atoms with Gasteiger partial charge in [-0.15, -0.1) is 0 Å². The minimum Gasteiger partial charge on any atom is -0.662 e. The first-order valence-electron chi connectivity index (χ1n) is 25.1. The molecule has 4 amide bonds. The summed E-state index contributed by atoms with van der Waals surface area (Å²) in [6.45, 7) is -2.22. The molecule has 2 aromatic carbocycles. The number of urea groups is 1. The normalized spacial score (nSPS) is 22.0. The number of aromatic nitrogens is 3. The van der Waals surface area contributed by atoms with E-state index < -0.39 is 102 Å². The molecule has 2 aliphatic heterocycles. The van der Waals surface area contributed by atoms with E-state index in [4.69, 9.17) is 33.1 Å². The molecule has 2 saturated heterocycles. The Balaban J connectivity index is 0.000000249. The maximum Gasteiger partial charge on any atom is 1.00 e. The number of halogens is 9. The Morgan fingerprint density at radius 2 is 1.20 bits per heavy atom. The number of alkyl halides is 6. The molecule has 9 rings (SSSR count). The van der Waals surface area contributed by atoms with Crippen LogP contribution in [-0.2, 0) is 30.3 Å². The van der Waals surface area contributed by atoms with Gasteiger partial charge in [-0.2, -0.15) is 26.3 Å². The number of anilines is 3. The van der Waals surface area contributed by atoms with Crippen LogP contribution < -0.4 is 67.5 Å². The van der Waals surface area contributed by atoms with Crippen molar-refractivity contribution in [3.05, 3.63) is 143 Å². The molecular formula is C53H56ClF8N10NaO8. The van der Waals surface area contributed by atoms with Crippen LogP contribution in [0.4, 0.5) is 57.1 Å². The van der Waals surface area contributed by atoms with Gasteiger partial charge in [0.25, 0.3) is 6.47 Å². The average molecular weight is 1170 g/mol. The molecule has 81 heavy (non-hydrogen) atoms. The van der Waals surface area contributed by atoms with Crippen molar-refractivity contribution in [2.45, 2.75) is 111 Å². The first-order chi connectivity index (χ1) is 37.7. The molecule has 0 spiro atoms. The van der Waals surface area contributed by atoms with E-state index in [1.54, 1.807) is 55.1 Å². The third-order valence-corrected chi connectivity index (χ3v) is 14.8. The zero-order valence-corrected chi connectivity index (χ0v) is 46.1. The summed E-state index contributed by atoms with van der Waals surface area (Å²) < 4.78 is 110. The average Bonchev–Trinajstić information content (AvgIpc) is 4.54. The second-order valence-electron chi connectivity index (χ2n) is 20.3. The molecule has 0 bridgehead atoms. The van der Waals surface area contributed by atoms with Crippen LogP contribution in [0.2, 0.25) is 5.02 Å². The zero-order valence-electron chi connectivity index (χ0n) is 43.4. The Kier molecular flexibility index (Phi) is 21.0. The number of carbonyl (C=O) groups is 4. The Hall–Kier alpha value is -5.94. The SMILES string of the molecule is NC(CCC1CC1)(c1ccncc1)c1ccc(F)c(NC(=O)[C@H]2C[C@](O)(C(F)(F)F)CN2)c1.NC(CCC1CC1)(c1ccncc1)c1ccc(F)c(NC(=O)[C@H]2C[C@](O)(C(F)(F)F)CN2C(=O)Nc2ccc(Cl)cn2)c1.O=CO[O-].[Na+]. The van der Waals surface area contributed by atoms with Crippen LogP contribution >= 0.6 is 11.6 Å². The van der Waals surface area contributed by atoms with Gasteiger partial charge >= 0.3 is 47.9 Å². The molecule has 4 fully saturated rings. The third-order valence-electron chi connectivity index (χ3n) is 14.6. The van der Waals surface area contributed by atoms with E-state index in [1.807, 2.05) is 0 Å². The second kappa shape index (κ2) is 26.5. The molecule has 10 N–H and O–H groups in total. The van der Waals surface area contributed by atoms with Gasteiger partial charge in [-0.25, -0.2) is 18.6 Å². The van der Waals surface area contributed by atoms with E-state index in [1.165, 1.54) is 42.6 Å². The summed E-state index contributed by atoms with van der Waals surface area (Å²) >= 11 is 5.79. The van der Waals surface area contributed by atoms with Gasteiger partial charge in [0.05, 0.1) is 40.1 Å². The summed E-state index contributed by atoms with van der Waals surface area (Å²) in [5, 5.41) is 38.2. The van der Waals surface area contributed by atoms with Crippen LogP contribution in [0.1, 0.15) is 86.5 Å². The molecule has 6 atom stereocenters. The number of hydrogen-bond acceptors (Lipinski definition) is 14. The number of likely N-dealkylation sites (tertiary alicyclic amines) is 1. The molecule has 2 aliphatic carbocycles. The minimum absolute atomic E-state index is 0. The van der Waals surface area contributed by atoms with Gasteiger partial charge < -0.3 is 52.7 Å². The van der Waals surface area contributed by atoms with Gasteiger partial charge in [0, 0.05) is 50.4 Å². The van der Waals surface area contributed by atoms with Crippen molar-refractivity contribution < 1.29 is 104 Å². The summed E-state index contributed by atoms with van der Waals surface area (Å²) in [6, 6.07) is 13.6. The maximum absolute atomic E-state index is 15.0. The quantitative estimate of drug-likeness (QED) is 0.0229. The van der Waals surface area contributed by atoms with E-state index in [2.05, 4.69) is 41.1 Å². The monoisotopic (exact) mass is 1170 g/mol. The number of carbonyl (C=O) groups excluding carboxylic acids is 4. The summed E-state index contributed by atoms with van der Waals surface area (Å²) in [6.07, 6.45) is 2.88. The fourth-order valence-electron chi connectivity index (χ4n) is 9.47. The Morgan fingerprint density at radius 3 is 1.60 bits per heavy atom. The van der Waals surface area contributed by atoms with Crippen molar-refractivity contribution in [3.8, 4) is 0 Å². The summed E-state index contributed by atoms with van der Waals surface area (Å²) in [4.78, 5) is 62.7. The molecule has 5 heterocycles. The van der Waals surface area contributed by atoms with Crippen molar-refractivity contribution >= 4 is 53.1 Å². The fraction of sp³-hybridized carbons (Fsp3) is 0.415. The summed E-state index contributed by atoms with van der Waals surface area (Å²) in [5.74, 6) is -2.49. The first kappa shape index (κ1) is 64.2. The van der Waals surface area contributed by atoms with Crippen molar-refractivity contribution in [1.82, 2.24) is 25.2 Å². The number of β-amino-alcohol motifs (C(OH)–C–C–N with tert-alkyl or cyclic N) is 2. The number of aliphatic hydroxyl groups is 2. The van der Waals surface area contributed by atoms with E-state index in [0.717, 1.165) is 55.7 Å². The van der Waals surface area contributed by atoms with Crippen molar-refractivity contribution in [3.63, 3.8) is 0 Å². The van der Waals surface area contributed by atoms with Crippen LogP contribution in [0, 0.1) is 23.5 Å². The zero-order chi connectivity index (χ0) is 58.3. The number of nitrogens with one attached hydrogen (secondary N) is 4. The molecule has 3 aromatic heterocycles. The van der Waals surface area contributed by atoms with E-state index in [-0.39, 0.29) is 58.2 Å². The number of pyridine rings is 3. The van der Waals surface area contributed by atoms with Crippen molar-refractivity contribution in [1.29, 1.82) is 0 Å². The number of amides is 4. The van der Waals surface area contributed by atoms with Crippen LogP contribution in [0.15, 0.2) is 104 Å². The number of nitrogens with zero attached hydrogens (tertiary/aromatic N) is 4. The predicted octanol–water partition coefficient (Wildman–Crippen LogP) is 3.85. The van der Waals surface area contributed by atoms with E-state index in [9.17, 15) is 55.3 Å². The standard InChI is InChI=1S/C29H29ClF4N6O3.C23H26F4N4O2.CH2O3.Na/c30-20-4-6-24(37-15-20)39-26(42)40-16-27(43,29(32,33)34)14-23(40)25(41)38-22-13-19(3-5-21(22)31)28(35,10-7-17-1-2-17)18-8-11-36-12-9-18;24-17-4-3-16(22(28,8-5-14-1-2-14)15-6-9-29-10-7-15)11-18(17)31-20(32)19-12-21(33,13-30-19)23(25,26)27;2-1-4-3;/h3-6,8-9,11-13,15,17,23,43H,1-2,7,10,14,16,35H2,(H,38,41)(H,37,39,42);3-4,6-7,9-11,14,19,30,33H,1-2,5,8,12-13,28H2,(H,31,32);1,3H;/q;;;+1/p-1/t23-,27-,28?;19-,21-,22?;;/m11../s1. The molecule has 430 valence electrons. The smallest absolute Gasteiger partial charge is 0.662 e. The predicted molar refractivity (Wildman–Crippen MR) is 271 cm³/mol. The molecule has 18 nitrogen and oxygen atoms in total. The van der Waals surface area contributed by atoms with Gasteiger partial charge in [0.15, 0.2) is 11.2 Å². The van der Waals surface area contributed by atoms with Gasteiger partial charge in [-0.05, 0) is 120 Å². The third kappa shape index (κ3) is 15.8. The van der Waals surface area contributed by atoms with Crippen LogP contribution in [0.25, 0.3) is 0 Å². The minimum atomic E-state index is -5.16. The number of benzene rings is 2. The number of hydrogen-bond donors (Lipinski definition) is 8. The van der Waals surface area contributed by atoms with Crippen molar-refractivity contribution in [2.24, 2.45) is 23.3 Å². The van der Waals surface area contributed by atoms with Gasteiger partial charge in [0.1, 0.15) is 23.5 Å². The molecule has 5 aromatic rings. The number of rotatable bonds is 16. The Bertz CT molecular complexity index is 2980. The molecule has 4 aliphatic rings. The second-order valence-corrected chi connectivity index (χ2v) is 20.7. The molecule has 2 unspecified atom stereocenters. The van der Waals surface area contributed by atoms with Gasteiger partial charge in [-0.3, -0.25) is 29.7 Å². The van der Waals surface area contributed by atoms with Crippen molar-refractivity contribution in [2.75, 3.05) is 29.0 Å². The van der Waals surface area contributed by atoms with Gasteiger partial charge in [-0.1, -0.05) is 49.4 Å². The van der Waals surface area contributed by atoms with Gasteiger partial charge in [0.2, 0.25) is 11.8 Å². The van der Waals surface area contributed by atoms with E-state index in [0.29, 0.717) is 40.7 Å². The maximum atomic E-state index is 15.0. The number of nitrogens with two attached hydrogens (primary N) is 2. The largest absolute Gasteiger partial charge is 1.00 e. The van der Waals surface area contributed by atoms with E-state index >= 15 is 4.39 Å².